The summed E-state index contributed by atoms with van der Waals surface area (Å²) < 4.78 is 5.37. The van der Waals surface area contributed by atoms with Crippen LogP contribution in [0.15, 0.2) is 18.3 Å². The van der Waals surface area contributed by atoms with Crippen molar-refractivity contribution in [2.45, 2.75) is 18.9 Å². The lowest BCUT2D eigenvalue weighted by molar-refractivity contribution is 0.185. The highest BCUT2D eigenvalue weighted by Crippen LogP contribution is 2.22. The maximum atomic E-state index is 5.57. The van der Waals surface area contributed by atoms with Gasteiger partial charge in [-0.1, -0.05) is 12.2 Å². The predicted octanol–water partition coefficient (Wildman–Crippen LogP) is 1.31. The molecule has 0 saturated carbocycles. The molecule has 1 unspecified atom stereocenters. The van der Waals surface area contributed by atoms with Crippen molar-refractivity contribution < 1.29 is 4.74 Å². The van der Waals surface area contributed by atoms with Gasteiger partial charge >= 0.3 is 0 Å². The number of hydrogen-bond acceptors (Lipinski definition) is 4. The molecule has 3 N–H and O–H groups in total. The lowest BCUT2D eigenvalue weighted by Gasteiger charge is -2.24. The van der Waals surface area contributed by atoms with Crippen LogP contribution in [-0.4, -0.2) is 28.7 Å². The maximum Gasteiger partial charge on any atom is 0.127 e. The van der Waals surface area contributed by atoms with Crippen LogP contribution in [0.4, 0.5) is 5.82 Å². The molecule has 0 aromatic carbocycles. The summed E-state index contributed by atoms with van der Waals surface area (Å²) in [6, 6.07) is 3.67. The van der Waals surface area contributed by atoms with E-state index in [1.54, 1.807) is 12.3 Å². The first-order valence-electron chi connectivity index (χ1n) is 5.21. The van der Waals surface area contributed by atoms with Gasteiger partial charge in [0, 0.05) is 18.4 Å². The number of rotatable bonds is 3. The molecule has 0 spiro atoms. The Balaban J connectivity index is 2.15. The molecular formula is C11H15N3OS. The van der Waals surface area contributed by atoms with Crippen LogP contribution in [0.3, 0.4) is 0 Å². The number of thiocarbonyl (C=S) groups is 1. The van der Waals surface area contributed by atoms with E-state index in [9.17, 15) is 0 Å². The number of hydrogen-bond donors (Lipinski definition) is 2. The predicted molar refractivity (Wildman–Crippen MR) is 67.6 cm³/mol. The minimum Gasteiger partial charge on any atom is -0.389 e. The summed E-state index contributed by atoms with van der Waals surface area (Å²) in [6.45, 7) is 3.61. The van der Waals surface area contributed by atoms with Gasteiger partial charge in [-0.15, -0.1) is 0 Å². The molecule has 0 radical (unpaired) electrons. The van der Waals surface area contributed by atoms with Gasteiger partial charge in [-0.25, -0.2) is 4.98 Å². The minimum absolute atomic E-state index is 0.0398. The summed E-state index contributed by atoms with van der Waals surface area (Å²) in [7, 11) is 0. The first-order valence-corrected chi connectivity index (χ1v) is 5.62. The third-order valence-electron chi connectivity index (χ3n) is 2.69. The van der Waals surface area contributed by atoms with Crippen LogP contribution in [-0.2, 0) is 4.74 Å². The van der Waals surface area contributed by atoms with Crippen molar-refractivity contribution >= 4 is 23.0 Å². The maximum absolute atomic E-state index is 5.57. The summed E-state index contributed by atoms with van der Waals surface area (Å²) in [5.74, 6) is 0.790. The number of ether oxygens (including phenoxy) is 1. The number of nitrogens with zero attached hydrogens (tertiary/aromatic N) is 1. The van der Waals surface area contributed by atoms with E-state index in [0.29, 0.717) is 11.6 Å². The van der Waals surface area contributed by atoms with Crippen LogP contribution in [0, 0.1) is 0 Å². The summed E-state index contributed by atoms with van der Waals surface area (Å²) >= 11 is 4.93. The van der Waals surface area contributed by atoms with E-state index in [2.05, 4.69) is 17.2 Å². The monoisotopic (exact) mass is 237 g/mol. The molecule has 2 heterocycles. The van der Waals surface area contributed by atoms with Gasteiger partial charge in [0.15, 0.2) is 0 Å². The fraction of sp³-hybridized carbons (Fsp3) is 0.455. The second-order valence-electron chi connectivity index (χ2n) is 4.28. The van der Waals surface area contributed by atoms with Gasteiger partial charge in [0.1, 0.15) is 10.8 Å². The van der Waals surface area contributed by atoms with Gasteiger partial charge in [0.2, 0.25) is 0 Å². The SMILES string of the molecule is CC1(Nc2cc(C(N)=S)ccn2)CCOC1. The lowest BCUT2D eigenvalue weighted by Crippen LogP contribution is -2.35. The van der Waals surface area contributed by atoms with Crippen molar-refractivity contribution in [3.8, 4) is 0 Å². The highest BCUT2D eigenvalue weighted by molar-refractivity contribution is 7.80. The number of aromatic nitrogens is 1. The Morgan fingerprint density at radius 1 is 1.69 bits per heavy atom. The minimum atomic E-state index is -0.0398. The second-order valence-corrected chi connectivity index (χ2v) is 4.72. The highest BCUT2D eigenvalue weighted by atomic mass is 32.1. The molecule has 86 valence electrons. The van der Waals surface area contributed by atoms with Crippen molar-refractivity contribution in [1.82, 2.24) is 4.98 Å². The molecular weight excluding hydrogens is 222 g/mol. The zero-order chi connectivity index (χ0) is 11.6. The molecule has 1 atom stereocenters. The molecule has 0 bridgehead atoms. The van der Waals surface area contributed by atoms with Crippen molar-refractivity contribution in [3.63, 3.8) is 0 Å². The normalized spacial score (nSPS) is 24.3. The Hall–Kier alpha value is -1.20. The average molecular weight is 237 g/mol. The molecule has 1 fully saturated rings. The summed E-state index contributed by atoms with van der Waals surface area (Å²) in [5.41, 5.74) is 6.36. The third kappa shape index (κ3) is 2.48. The van der Waals surface area contributed by atoms with Crippen LogP contribution >= 0.6 is 12.2 Å². The fourth-order valence-electron chi connectivity index (χ4n) is 1.73. The summed E-state index contributed by atoms with van der Waals surface area (Å²) in [5, 5.41) is 3.36. The molecule has 1 saturated heterocycles. The Morgan fingerprint density at radius 3 is 3.12 bits per heavy atom. The Kier molecular flexibility index (Phi) is 3.07. The number of anilines is 1. The van der Waals surface area contributed by atoms with E-state index in [-0.39, 0.29) is 5.54 Å². The molecule has 0 amide bonds. The quantitative estimate of drug-likeness (QED) is 0.776. The van der Waals surface area contributed by atoms with E-state index < -0.39 is 0 Å². The molecule has 1 aromatic rings. The summed E-state index contributed by atoms with van der Waals surface area (Å²) in [4.78, 5) is 4.64. The van der Waals surface area contributed by atoms with Gasteiger partial charge in [0.25, 0.3) is 0 Å². The topological polar surface area (TPSA) is 60.2 Å². The van der Waals surface area contributed by atoms with Crippen LogP contribution < -0.4 is 11.1 Å². The molecule has 4 nitrogen and oxygen atoms in total. The third-order valence-corrected chi connectivity index (χ3v) is 2.93. The Morgan fingerprint density at radius 2 is 2.50 bits per heavy atom. The van der Waals surface area contributed by atoms with Crippen molar-refractivity contribution in [2.24, 2.45) is 5.73 Å². The van der Waals surface area contributed by atoms with Crippen molar-refractivity contribution in [1.29, 1.82) is 0 Å². The smallest absolute Gasteiger partial charge is 0.127 e. The molecule has 5 heteroatoms. The first-order chi connectivity index (χ1) is 7.59. The van der Waals surface area contributed by atoms with Crippen LogP contribution in [0.2, 0.25) is 0 Å². The van der Waals surface area contributed by atoms with E-state index in [1.807, 2.05) is 6.07 Å². The van der Waals surface area contributed by atoms with Crippen molar-refractivity contribution in [3.05, 3.63) is 23.9 Å². The standard InChI is InChI=1S/C11H15N3OS/c1-11(3-5-15-7-11)14-9-6-8(10(12)16)2-4-13-9/h2,4,6H,3,5,7H2,1H3,(H2,12,16)(H,13,14). The largest absolute Gasteiger partial charge is 0.389 e. The molecule has 2 rings (SSSR count). The zero-order valence-corrected chi connectivity index (χ0v) is 10.0. The van der Waals surface area contributed by atoms with E-state index in [1.165, 1.54) is 0 Å². The van der Waals surface area contributed by atoms with Gasteiger partial charge in [-0.05, 0) is 25.5 Å². The number of nitrogens with one attached hydrogen (secondary N) is 1. The number of pyridine rings is 1. The van der Waals surface area contributed by atoms with Gasteiger partial charge < -0.3 is 15.8 Å². The lowest BCUT2D eigenvalue weighted by atomic mass is 10.0. The van der Waals surface area contributed by atoms with Crippen molar-refractivity contribution in [2.75, 3.05) is 18.5 Å². The van der Waals surface area contributed by atoms with Gasteiger partial charge in [-0.3, -0.25) is 0 Å². The van der Waals surface area contributed by atoms with Gasteiger partial charge in [0.05, 0.1) is 12.1 Å². The summed E-state index contributed by atoms with van der Waals surface area (Å²) in [6.07, 6.45) is 2.68. The molecule has 0 aliphatic carbocycles. The Labute approximate surface area is 100 Å². The zero-order valence-electron chi connectivity index (χ0n) is 9.19. The second kappa shape index (κ2) is 4.35. The van der Waals surface area contributed by atoms with Crippen LogP contribution in [0.1, 0.15) is 18.9 Å². The molecule has 1 aliphatic heterocycles. The molecule has 1 aromatic heterocycles. The average Bonchev–Trinajstić information content (AvgIpc) is 2.65. The highest BCUT2D eigenvalue weighted by Gasteiger charge is 2.29. The molecule has 16 heavy (non-hydrogen) atoms. The van der Waals surface area contributed by atoms with Gasteiger partial charge in [-0.2, -0.15) is 0 Å². The van der Waals surface area contributed by atoms with E-state index in [4.69, 9.17) is 22.7 Å². The Bertz CT molecular complexity index is 402. The van der Waals surface area contributed by atoms with Crippen LogP contribution in [0.25, 0.3) is 0 Å². The first kappa shape index (κ1) is 11.3. The van der Waals surface area contributed by atoms with E-state index in [0.717, 1.165) is 24.4 Å². The molecule has 1 aliphatic rings. The number of nitrogens with two attached hydrogens (primary N) is 1. The van der Waals surface area contributed by atoms with Crippen LogP contribution in [0.5, 0.6) is 0 Å². The van der Waals surface area contributed by atoms with E-state index >= 15 is 0 Å². The fourth-order valence-corrected chi connectivity index (χ4v) is 1.85.